The highest BCUT2D eigenvalue weighted by atomic mass is 15.3. The molecule has 72 valence electrons. The minimum absolute atomic E-state index is 0.217. The Morgan fingerprint density at radius 1 is 1.43 bits per heavy atom. The highest BCUT2D eigenvalue weighted by Crippen LogP contribution is 2.12. The van der Waals surface area contributed by atoms with Gasteiger partial charge < -0.3 is 16.5 Å². The number of anilines is 1. The molecule has 0 bridgehead atoms. The quantitative estimate of drug-likeness (QED) is 0.285. The molecule has 1 rings (SSSR count). The molecule has 0 atom stereocenters. The van der Waals surface area contributed by atoms with Gasteiger partial charge in [0.15, 0.2) is 0 Å². The second-order valence-corrected chi connectivity index (χ2v) is 2.70. The molecule has 1 aromatic carbocycles. The summed E-state index contributed by atoms with van der Waals surface area (Å²) in [6, 6.07) is 8.99. The highest BCUT2D eigenvalue weighted by Gasteiger charge is 2.03. The van der Waals surface area contributed by atoms with E-state index in [4.69, 9.17) is 16.8 Å². The monoisotopic (exact) mass is 189 g/mol. The topological polar surface area (TPSA) is 91.4 Å². The smallest absolute Gasteiger partial charge is 0.217 e. The van der Waals surface area contributed by atoms with Crippen LogP contribution in [0.5, 0.6) is 0 Å². The summed E-state index contributed by atoms with van der Waals surface area (Å²) in [6.07, 6.45) is 0. The standard InChI is InChI=1S/C9H11N5/c1-14(9(11)13-12)8-4-2-7(6-10)3-5-8/h2-5H,12H2,1H3,(H2,11,13). The maximum absolute atomic E-state index is 8.59. The average Bonchev–Trinajstić information content (AvgIpc) is 2.27. The van der Waals surface area contributed by atoms with E-state index in [1.807, 2.05) is 6.07 Å². The molecule has 4 N–H and O–H groups in total. The van der Waals surface area contributed by atoms with Gasteiger partial charge in [0, 0.05) is 12.7 Å². The number of hydrogen-bond acceptors (Lipinski definition) is 3. The van der Waals surface area contributed by atoms with Crippen molar-refractivity contribution in [1.82, 2.24) is 0 Å². The first kappa shape index (κ1) is 9.86. The zero-order valence-electron chi connectivity index (χ0n) is 7.81. The summed E-state index contributed by atoms with van der Waals surface area (Å²) >= 11 is 0. The number of hydrazone groups is 1. The lowest BCUT2D eigenvalue weighted by Crippen LogP contribution is -2.34. The highest BCUT2D eigenvalue weighted by molar-refractivity contribution is 5.94. The van der Waals surface area contributed by atoms with Crippen LogP contribution >= 0.6 is 0 Å². The molecule has 0 aliphatic carbocycles. The SMILES string of the molecule is CN(/C(N)=N/N)c1ccc(C#N)cc1. The van der Waals surface area contributed by atoms with Crippen LogP contribution in [0.15, 0.2) is 29.4 Å². The number of nitrogens with zero attached hydrogens (tertiary/aromatic N) is 3. The Labute approximate surface area is 82.2 Å². The Balaban J connectivity index is 2.93. The zero-order valence-corrected chi connectivity index (χ0v) is 7.81. The van der Waals surface area contributed by atoms with Crippen molar-refractivity contribution in [3.05, 3.63) is 29.8 Å². The molecule has 0 saturated carbocycles. The molecule has 0 fully saturated rings. The fourth-order valence-corrected chi connectivity index (χ4v) is 0.978. The van der Waals surface area contributed by atoms with Gasteiger partial charge in [-0.05, 0) is 24.3 Å². The van der Waals surface area contributed by atoms with E-state index in [0.29, 0.717) is 5.56 Å². The lowest BCUT2D eigenvalue weighted by atomic mass is 10.2. The molecule has 0 aliphatic rings. The Kier molecular flexibility index (Phi) is 2.92. The van der Waals surface area contributed by atoms with Crippen molar-refractivity contribution in [1.29, 1.82) is 5.26 Å². The molecule has 0 spiro atoms. The number of nitriles is 1. The Morgan fingerprint density at radius 3 is 2.43 bits per heavy atom. The van der Waals surface area contributed by atoms with E-state index < -0.39 is 0 Å². The summed E-state index contributed by atoms with van der Waals surface area (Å²) in [5.41, 5.74) is 6.94. The van der Waals surface area contributed by atoms with E-state index in [0.717, 1.165) is 5.69 Å². The Bertz CT molecular complexity index is 373. The van der Waals surface area contributed by atoms with Crippen LogP contribution in [-0.4, -0.2) is 13.0 Å². The molecular formula is C9H11N5. The maximum atomic E-state index is 8.59. The van der Waals surface area contributed by atoms with Crippen LogP contribution in [0.1, 0.15) is 5.56 Å². The van der Waals surface area contributed by atoms with Crippen LogP contribution in [0, 0.1) is 11.3 Å². The number of benzene rings is 1. The molecule has 0 saturated heterocycles. The average molecular weight is 189 g/mol. The van der Waals surface area contributed by atoms with Gasteiger partial charge in [0.2, 0.25) is 5.96 Å². The summed E-state index contributed by atoms with van der Waals surface area (Å²) in [5.74, 6) is 5.25. The summed E-state index contributed by atoms with van der Waals surface area (Å²) in [7, 11) is 1.74. The van der Waals surface area contributed by atoms with Crippen LogP contribution in [0.25, 0.3) is 0 Å². The van der Waals surface area contributed by atoms with Crippen molar-refractivity contribution in [3.63, 3.8) is 0 Å². The predicted octanol–water partition coefficient (Wildman–Crippen LogP) is 0.183. The number of hydrogen-bond donors (Lipinski definition) is 2. The molecule has 1 aromatic rings. The van der Waals surface area contributed by atoms with Crippen LogP contribution in [0.2, 0.25) is 0 Å². The molecular weight excluding hydrogens is 178 g/mol. The molecule has 0 amide bonds. The molecule has 0 radical (unpaired) electrons. The van der Waals surface area contributed by atoms with Crippen molar-refractivity contribution in [3.8, 4) is 6.07 Å². The van der Waals surface area contributed by atoms with E-state index in [1.54, 1.807) is 36.2 Å². The maximum Gasteiger partial charge on any atom is 0.217 e. The van der Waals surface area contributed by atoms with Crippen LogP contribution in [0.3, 0.4) is 0 Å². The third-order valence-corrected chi connectivity index (χ3v) is 1.86. The van der Waals surface area contributed by atoms with Gasteiger partial charge in [0.25, 0.3) is 0 Å². The zero-order chi connectivity index (χ0) is 10.6. The first-order chi connectivity index (χ1) is 6.69. The third-order valence-electron chi connectivity index (χ3n) is 1.86. The number of guanidine groups is 1. The first-order valence-corrected chi connectivity index (χ1v) is 3.96. The lowest BCUT2D eigenvalue weighted by molar-refractivity contribution is 1.14. The van der Waals surface area contributed by atoms with Gasteiger partial charge in [-0.15, -0.1) is 5.10 Å². The minimum atomic E-state index is 0.217. The summed E-state index contributed by atoms with van der Waals surface area (Å²) in [5, 5.41) is 12.0. The molecule has 0 heterocycles. The van der Waals surface area contributed by atoms with Crippen molar-refractivity contribution in [2.45, 2.75) is 0 Å². The Hall–Kier alpha value is -2.22. The van der Waals surface area contributed by atoms with E-state index in [-0.39, 0.29) is 5.96 Å². The molecule has 5 heteroatoms. The Morgan fingerprint density at radius 2 is 2.00 bits per heavy atom. The normalized spacial score (nSPS) is 10.7. The van der Waals surface area contributed by atoms with Crippen LogP contribution in [-0.2, 0) is 0 Å². The summed E-state index contributed by atoms with van der Waals surface area (Å²) in [6.45, 7) is 0. The summed E-state index contributed by atoms with van der Waals surface area (Å²) in [4.78, 5) is 1.63. The first-order valence-electron chi connectivity index (χ1n) is 3.96. The van der Waals surface area contributed by atoms with E-state index >= 15 is 0 Å². The molecule has 0 aromatic heterocycles. The van der Waals surface area contributed by atoms with Gasteiger partial charge in [0.05, 0.1) is 11.6 Å². The number of nitrogens with two attached hydrogens (primary N) is 2. The number of rotatable bonds is 1. The van der Waals surface area contributed by atoms with E-state index in [1.165, 1.54) is 0 Å². The van der Waals surface area contributed by atoms with Crippen LogP contribution < -0.4 is 16.5 Å². The molecule has 14 heavy (non-hydrogen) atoms. The fourth-order valence-electron chi connectivity index (χ4n) is 0.978. The van der Waals surface area contributed by atoms with Gasteiger partial charge in [-0.2, -0.15) is 5.26 Å². The van der Waals surface area contributed by atoms with E-state index in [2.05, 4.69) is 5.10 Å². The van der Waals surface area contributed by atoms with Gasteiger partial charge in [-0.3, -0.25) is 0 Å². The van der Waals surface area contributed by atoms with Crippen LogP contribution in [0.4, 0.5) is 5.69 Å². The fraction of sp³-hybridized carbons (Fsp3) is 0.111. The van der Waals surface area contributed by atoms with Gasteiger partial charge in [-0.1, -0.05) is 0 Å². The largest absolute Gasteiger partial charge is 0.368 e. The molecule has 0 unspecified atom stereocenters. The summed E-state index contributed by atoms with van der Waals surface area (Å²) < 4.78 is 0. The van der Waals surface area contributed by atoms with E-state index in [9.17, 15) is 0 Å². The third kappa shape index (κ3) is 1.93. The van der Waals surface area contributed by atoms with Crippen molar-refractivity contribution in [2.75, 3.05) is 11.9 Å². The van der Waals surface area contributed by atoms with Gasteiger partial charge >= 0.3 is 0 Å². The van der Waals surface area contributed by atoms with Gasteiger partial charge in [0.1, 0.15) is 0 Å². The van der Waals surface area contributed by atoms with Crippen molar-refractivity contribution >= 4 is 11.6 Å². The van der Waals surface area contributed by atoms with Gasteiger partial charge in [-0.25, -0.2) is 0 Å². The van der Waals surface area contributed by atoms with Crippen molar-refractivity contribution < 1.29 is 0 Å². The lowest BCUT2D eigenvalue weighted by Gasteiger charge is -2.16. The predicted molar refractivity (Wildman–Crippen MR) is 55.4 cm³/mol. The molecule has 0 aliphatic heterocycles. The molecule has 5 nitrogen and oxygen atoms in total. The second kappa shape index (κ2) is 4.14. The van der Waals surface area contributed by atoms with Crippen molar-refractivity contribution in [2.24, 2.45) is 16.7 Å². The second-order valence-electron chi connectivity index (χ2n) is 2.70. The minimum Gasteiger partial charge on any atom is -0.368 e.